The molecule has 0 bridgehead atoms. The van der Waals surface area contributed by atoms with Gasteiger partial charge in [-0.25, -0.2) is 0 Å². The minimum atomic E-state index is 0.0881. The number of amides is 1. The smallest absolute Gasteiger partial charge is 0.225 e. The minimum Gasteiger partial charge on any atom is -0.493 e. The number of aryl methyl sites for hydroxylation is 1. The van der Waals surface area contributed by atoms with E-state index in [1.165, 1.54) is 5.56 Å². The van der Waals surface area contributed by atoms with Gasteiger partial charge >= 0.3 is 0 Å². The molecule has 1 aromatic rings. The van der Waals surface area contributed by atoms with E-state index in [4.69, 9.17) is 4.74 Å². The van der Waals surface area contributed by atoms with Crippen molar-refractivity contribution in [2.75, 3.05) is 20.7 Å². The van der Waals surface area contributed by atoms with Crippen LogP contribution in [0.2, 0.25) is 0 Å². The molecule has 0 heterocycles. The highest BCUT2D eigenvalue weighted by Crippen LogP contribution is 2.12. The van der Waals surface area contributed by atoms with Gasteiger partial charge in [0.1, 0.15) is 5.75 Å². The van der Waals surface area contributed by atoms with Gasteiger partial charge in [-0.1, -0.05) is 19.1 Å². The molecule has 3 nitrogen and oxygen atoms in total. The molecular weight excluding hydrogens is 202 g/mol. The Kier molecular flexibility index (Phi) is 4.83. The van der Waals surface area contributed by atoms with Crippen LogP contribution in [0.25, 0.3) is 0 Å². The average molecular weight is 221 g/mol. The molecule has 0 N–H and O–H groups in total. The second kappa shape index (κ2) is 6.16. The summed E-state index contributed by atoms with van der Waals surface area (Å²) in [5, 5.41) is 0. The molecule has 0 aliphatic rings. The first-order valence-corrected chi connectivity index (χ1v) is 5.55. The number of benzene rings is 1. The Bertz CT molecular complexity index is 330. The van der Waals surface area contributed by atoms with Gasteiger partial charge in [0.05, 0.1) is 13.0 Å². The van der Waals surface area contributed by atoms with Crippen LogP contribution in [0.5, 0.6) is 5.75 Å². The number of hydrogen-bond donors (Lipinski definition) is 0. The predicted octanol–water partition coefficient (Wildman–Crippen LogP) is 2.11. The molecular formula is C13H19NO2. The maximum atomic E-state index is 11.3. The highest BCUT2D eigenvalue weighted by atomic mass is 16.5. The lowest BCUT2D eigenvalue weighted by Gasteiger charge is -2.11. The van der Waals surface area contributed by atoms with Crippen molar-refractivity contribution >= 4 is 5.91 Å². The van der Waals surface area contributed by atoms with Crippen LogP contribution in [0.3, 0.4) is 0 Å². The van der Waals surface area contributed by atoms with Gasteiger partial charge in [0, 0.05) is 14.1 Å². The van der Waals surface area contributed by atoms with E-state index >= 15 is 0 Å². The molecule has 0 aromatic heterocycles. The van der Waals surface area contributed by atoms with Gasteiger partial charge in [-0.2, -0.15) is 0 Å². The third kappa shape index (κ3) is 3.93. The second-order valence-electron chi connectivity index (χ2n) is 3.88. The zero-order valence-corrected chi connectivity index (χ0v) is 10.2. The Morgan fingerprint density at radius 2 is 1.88 bits per heavy atom. The molecule has 0 atom stereocenters. The van der Waals surface area contributed by atoms with E-state index in [2.05, 4.69) is 6.92 Å². The van der Waals surface area contributed by atoms with Crippen LogP contribution in [0.4, 0.5) is 0 Å². The number of carbonyl (C=O) groups is 1. The first kappa shape index (κ1) is 12.6. The second-order valence-corrected chi connectivity index (χ2v) is 3.88. The predicted molar refractivity (Wildman–Crippen MR) is 64.6 cm³/mol. The zero-order chi connectivity index (χ0) is 12.0. The van der Waals surface area contributed by atoms with Gasteiger partial charge in [-0.15, -0.1) is 0 Å². The van der Waals surface area contributed by atoms with Crippen LogP contribution >= 0.6 is 0 Å². The summed E-state index contributed by atoms with van der Waals surface area (Å²) in [5.41, 5.74) is 1.29. The Balaban J connectivity index is 2.34. The number of rotatable bonds is 5. The molecule has 0 fully saturated rings. The van der Waals surface area contributed by atoms with Crippen LogP contribution < -0.4 is 4.74 Å². The Morgan fingerprint density at radius 3 is 2.38 bits per heavy atom. The lowest BCUT2D eigenvalue weighted by Crippen LogP contribution is -2.23. The van der Waals surface area contributed by atoms with E-state index in [0.717, 1.165) is 12.2 Å². The molecule has 1 aromatic carbocycles. The third-order valence-electron chi connectivity index (χ3n) is 2.42. The molecule has 0 aliphatic carbocycles. The maximum Gasteiger partial charge on any atom is 0.225 e. The highest BCUT2D eigenvalue weighted by Gasteiger charge is 2.03. The zero-order valence-electron chi connectivity index (χ0n) is 10.2. The van der Waals surface area contributed by atoms with E-state index in [9.17, 15) is 4.79 Å². The number of nitrogens with zero attached hydrogens (tertiary/aromatic N) is 1. The number of hydrogen-bond acceptors (Lipinski definition) is 2. The van der Waals surface area contributed by atoms with Gasteiger partial charge in [0.25, 0.3) is 0 Å². The highest BCUT2D eigenvalue weighted by molar-refractivity contribution is 5.75. The molecule has 0 radical (unpaired) electrons. The van der Waals surface area contributed by atoms with E-state index in [1.807, 2.05) is 24.3 Å². The van der Waals surface area contributed by atoms with Crippen LogP contribution in [0, 0.1) is 0 Å². The lowest BCUT2D eigenvalue weighted by molar-refractivity contribution is -0.129. The van der Waals surface area contributed by atoms with E-state index in [-0.39, 0.29) is 5.91 Å². The summed E-state index contributed by atoms with van der Waals surface area (Å²) in [6.45, 7) is 2.55. The fourth-order valence-electron chi connectivity index (χ4n) is 1.30. The van der Waals surface area contributed by atoms with Gasteiger partial charge in [-0.05, 0) is 24.1 Å². The quantitative estimate of drug-likeness (QED) is 0.762. The fraction of sp³-hybridized carbons (Fsp3) is 0.462. The van der Waals surface area contributed by atoms with Gasteiger partial charge in [0.15, 0.2) is 0 Å². The molecule has 0 saturated heterocycles. The van der Waals surface area contributed by atoms with Gasteiger partial charge in [-0.3, -0.25) is 4.79 Å². The summed E-state index contributed by atoms with van der Waals surface area (Å²) in [4.78, 5) is 12.9. The Morgan fingerprint density at radius 1 is 1.25 bits per heavy atom. The molecule has 0 spiro atoms. The van der Waals surface area contributed by atoms with Crippen LogP contribution in [0.15, 0.2) is 24.3 Å². The van der Waals surface area contributed by atoms with Crippen LogP contribution in [-0.2, 0) is 11.2 Å². The first-order chi connectivity index (χ1) is 7.63. The summed E-state index contributed by atoms with van der Waals surface area (Å²) in [7, 11) is 3.50. The third-order valence-corrected chi connectivity index (χ3v) is 2.42. The molecule has 0 unspecified atom stereocenters. The summed E-state index contributed by atoms with van der Waals surface area (Å²) in [6.07, 6.45) is 1.45. The molecule has 1 rings (SSSR count). The fourth-order valence-corrected chi connectivity index (χ4v) is 1.30. The lowest BCUT2D eigenvalue weighted by atomic mass is 10.2. The number of ether oxygens (including phenoxy) is 1. The van der Waals surface area contributed by atoms with Crippen molar-refractivity contribution in [3.8, 4) is 5.75 Å². The molecule has 0 saturated carbocycles. The normalized spacial score (nSPS) is 9.94. The van der Waals surface area contributed by atoms with Crippen molar-refractivity contribution in [2.45, 2.75) is 19.8 Å². The van der Waals surface area contributed by atoms with Crippen LogP contribution in [0.1, 0.15) is 18.9 Å². The Hall–Kier alpha value is -1.51. The molecule has 16 heavy (non-hydrogen) atoms. The van der Waals surface area contributed by atoms with Crippen molar-refractivity contribution < 1.29 is 9.53 Å². The molecule has 3 heteroatoms. The summed E-state index contributed by atoms with van der Waals surface area (Å²) in [6, 6.07) is 7.98. The van der Waals surface area contributed by atoms with Crippen molar-refractivity contribution in [3.63, 3.8) is 0 Å². The summed E-state index contributed by atoms with van der Waals surface area (Å²) < 4.78 is 5.48. The molecule has 1 amide bonds. The largest absolute Gasteiger partial charge is 0.493 e. The minimum absolute atomic E-state index is 0.0881. The van der Waals surface area contributed by atoms with E-state index < -0.39 is 0 Å². The monoisotopic (exact) mass is 221 g/mol. The summed E-state index contributed by atoms with van der Waals surface area (Å²) >= 11 is 0. The van der Waals surface area contributed by atoms with E-state index in [0.29, 0.717) is 13.0 Å². The van der Waals surface area contributed by atoms with Crippen molar-refractivity contribution in [3.05, 3.63) is 29.8 Å². The maximum absolute atomic E-state index is 11.3. The van der Waals surface area contributed by atoms with Gasteiger partial charge < -0.3 is 9.64 Å². The van der Waals surface area contributed by atoms with Crippen molar-refractivity contribution in [2.24, 2.45) is 0 Å². The van der Waals surface area contributed by atoms with Crippen LogP contribution in [-0.4, -0.2) is 31.5 Å². The van der Waals surface area contributed by atoms with Crippen molar-refractivity contribution in [1.82, 2.24) is 4.90 Å². The van der Waals surface area contributed by atoms with Crippen molar-refractivity contribution in [1.29, 1.82) is 0 Å². The standard InChI is InChI=1S/C13H19NO2/c1-4-11-5-7-12(8-6-11)16-10-9-13(15)14(2)3/h5-8H,4,9-10H2,1-3H3. The Labute approximate surface area is 97.0 Å². The topological polar surface area (TPSA) is 29.5 Å². The summed E-state index contributed by atoms with van der Waals surface area (Å²) in [5.74, 6) is 0.911. The first-order valence-electron chi connectivity index (χ1n) is 5.55. The molecule has 0 aliphatic heterocycles. The van der Waals surface area contributed by atoms with Gasteiger partial charge in [0.2, 0.25) is 5.91 Å². The number of carbonyl (C=O) groups excluding carboxylic acids is 1. The average Bonchev–Trinajstić information content (AvgIpc) is 2.29. The molecule has 88 valence electrons. The SMILES string of the molecule is CCc1ccc(OCCC(=O)N(C)C)cc1. The van der Waals surface area contributed by atoms with E-state index in [1.54, 1.807) is 19.0 Å².